The van der Waals surface area contributed by atoms with Gasteiger partial charge in [-0.2, -0.15) is 0 Å². The predicted octanol–water partition coefficient (Wildman–Crippen LogP) is 4.42. The van der Waals surface area contributed by atoms with Gasteiger partial charge in [0.2, 0.25) is 0 Å². The van der Waals surface area contributed by atoms with Crippen molar-refractivity contribution in [1.82, 2.24) is 4.98 Å². The van der Waals surface area contributed by atoms with Crippen molar-refractivity contribution in [3.8, 4) is 0 Å². The van der Waals surface area contributed by atoms with Gasteiger partial charge >= 0.3 is 0 Å². The van der Waals surface area contributed by atoms with E-state index in [1.807, 2.05) is 31.2 Å². The lowest BCUT2D eigenvalue weighted by atomic mass is 10.1. The van der Waals surface area contributed by atoms with E-state index < -0.39 is 0 Å². The molecular weight excluding hydrogens is 286 g/mol. The van der Waals surface area contributed by atoms with Gasteiger partial charge in [0.25, 0.3) is 5.91 Å². The molecule has 23 heavy (non-hydrogen) atoms. The molecule has 122 valence electrons. The summed E-state index contributed by atoms with van der Waals surface area (Å²) in [6, 6.07) is 7.92. The Kier molecular flexibility index (Phi) is 6.15. The van der Waals surface area contributed by atoms with Crippen LogP contribution in [-0.4, -0.2) is 17.4 Å². The first-order valence-corrected chi connectivity index (χ1v) is 8.24. The SMILES string of the molecule is CCCCNc1cncc(C(=O)Nc2c(C)cccc2CC)c1. The molecule has 2 rings (SSSR count). The van der Waals surface area contributed by atoms with Gasteiger partial charge in [-0.3, -0.25) is 9.78 Å². The minimum absolute atomic E-state index is 0.124. The van der Waals surface area contributed by atoms with E-state index in [1.165, 1.54) is 0 Å². The molecule has 2 aromatic rings. The molecule has 0 saturated carbocycles. The van der Waals surface area contributed by atoms with Gasteiger partial charge in [0.1, 0.15) is 0 Å². The number of nitrogens with one attached hydrogen (secondary N) is 2. The lowest BCUT2D eigenvalue weighted by Crippen LogP contribution is -2.15. The Balaban J connectivity index is 2.14. The molecule has 0 saturated heterocycles. The molecule has 1 heterocycles. The Morgan fingerprint density at radius 1 is 1.22 bits per heavy atom. The molecule has 0 aliphatic heterocycles. The highest BCUT2D eigenvalue weighted by atomic mass is 16.1. The first-order valence-electron chi connectivity index (χ1n) is 8.24. The fourth-order valence-electron chi connectivity index (χ4n) is 2.46. The number of aromatic nitrogens is 1. The van der Waals surface area contributed by atoms with Gasteiger partial charge in [-0.05, 0) is 37.0 Å². The number of hydrogen-bond donors (Lipinski definition) is 2. The second kappa shape index (κ2) is 8.32. The third-order valence-corrected chi connectivity index (χ3v) is 3.84. The van der Waals surface area contributed by atoms with Crippen molar-refractivity contribution >= 4 is 17.3 Å². The quantitative estimate of drug-likeness (QED) is 0.744. The topological polar surface area (TPSA) is 54.0 Å². The minimum Gasteiger partial charge on any atom is -0.384 e. The van der Waals surface area contributed by atoms with Gasteiger partial charge in [-0.15, -0.1) is 0 Å². The van der Waals surface area contributed by atoms with Crippen LogP contribution in [-0.2, 0) is 6.42 Å². The maximum absolute atomic E-state index is 12.5. The Hall–Kier alpha value is -2.36. The van der Waals surface area contributed by atoms with Gasteiger partial charge in [-0.25, -0.2) is 0 Å². The summed E-state index contributed by atoms with van der Waals surface area (Å²) in [5.41, 5.74) is 4.57. The van der Waals surface area contributed by atoms with Crippen LogP contribution in [0.3, 0.4) is 0 Å². The summed E-state index contributed by atoms with van der Waals surface area (Å²) in [5.74, 6) is -0.124. The number of anilines is 2. The maximum atomic E-state index is 12.5. The van der Waals surface area contributed by atoms with Crippen molar-refractivity contribution in [2.24, 2.45) is 0 Å². The number of benzene rings is 1. The first-order chi connectivity index (χ1) is 11.2. The Morgan fingerprint density at radius 2 is 2.04 bits per heavy atom. The van der Waals surface area contributed by atoms with Gasteiger partial charge in [-0.1, -0.05) is 38.5 Å². The molecular formula is C19H25N3O. The number of amides is 1. The highest BCUT2D eigenvalue weighted by Crippen LogP contribution is 2.22. The zero-order valence-corrected chi connectivity index (χ0v) is 14.1. The summed E-state index contributed by atoms with van der Waals surface area (Å²) in [6.07, 6.45) is 6.46. The zero-order valence-electron chi connectivity index (χ0n) is 14.1. The maximum Gasteiger partial charge on any atom is 0.257 e. The van der Waals surface area contributed by atoms with Crippen molar-refractivity contribution in [2.75, 3.05) is 17.2 Å². The molecule has 0 bridgehead atoms. The summed E-state index contributed by atoms with van der Waals surface area (Å²) in [7, 11) is 0. The second-order valence-corrected chi connectivity index (χ2v) is 5.66. The smallest absolute Gasteiger partial charge is 0.257 e. The standard InChI is InChI=1S/C19H25N3O/c1-4-6-10-21-17-11-16(12-20-13-17)19(23)22-18-14(3)8-7-9-15(18)5-2/h7-9,11-13,21H,4-6,10H2,1-3H3,(H,22,23). The number of carbonyl (C=O) groups excluding carboxylic acids is 1. The molecule has 0 spiro atoms. The van der Waals surface area contributed by atoms with E-state index >= 15 is 0 Å². The van der Waals surface area contributed by atoms with Crippen molar-refractivity contribution < 1.29 is 4.79 Å². The summed E-state index contributed by atoms with van der Waals surface area (Å²) in [4.78, 5) is 16.7. The van der Waals surface area contributed by atoms with E-state index in [9.17, 15) is 4.79 Å². The highest BCUT2D eigenvalue weighted by molar-refractivity contribution is 6.05. The largest absolute Gasteiger partial charge is 0.384 e. The molecule has 4 nitrogen and oxygen atoms in total. The van der Waals surface area contributed by atoms with Crippen LogP contribution in [0.1, 0.15) is 48.2 Å². The molecule has 1 amide bonds. The molecule has 0 aliphatic carbocycles. The van der Waals surface area contributed by atoms with Crippen LogP contribution in [0.5, 0.6) is 0 Å². The third-order valence-electron chi connectivity index (χ3n) is 3.84. The number of para-hydroxylation sites is 1. The number of aryl methyl sites for hydroxylation is 2. The summed E-state index contributed by atoms with van der Waals surface area (Å²) >= 11 is 0. The summed E-state index contributed by atoms with van der Waals surface area (Å²) in [5, 5.41) is 6.33. The number of pyridine rings is 1. The second-order valence-electron chi connectivity index (χ2n) is 5.66. The summed E-state index contributed by atoms with van der Waals surface area (Å²) in [6.45, 7) is 7.14. The predicted molar refractivity (Wildman–Crippen MR) is 96.1 cm³/mol. The van der Waals surface area contributed by atoms with E-state index in [-0.39, 0.29) is 5.91 Å². The Labute approximate surface area is 138 Å². The lowest BCUT2D eigenvalue weighted by molar-refractivity contribution is 0.102. The van der Waals surface area contributed by atoms with Crippen LogP contribution < -0.4 is 10.6 Å². The van der Waals surface area contributed by atoms with Crippen molar-refractivity contribution in [3.05, 3.63) is 53.3 Å². The van der Waals surface area contributed by atoms with Crippen LogP contribution in [0.15, 0.2) is 36.7 Å². The van der Waals surface area contributed by atoms with Crippen LogP contribution >= 0.6 is 0 Å². The molecule has 1 aromatic carbocycles. The zero-order chi connectivity index (χ0) is 16.7. The van der Waals surface area contributed by atoms with E-state index in [4.69, 9.17) is 0 Å². The average molecular weight is 311 g/mol. The van der Waals surface area contributed by atoms with Gasteiger partial charge in [0.15, 0.2) is 0 Å². The van der Waals surface area contributed by atoms with Crippen molar-refractivity contribution in [3.63, 3.8) is 0 Å². The number of nitrogens with zero attached hydrogens (tertiary/aromatic N) is 1. The van der Waals surface area contributed by atoms with Crippen molar-refractivity contribution in [2.45, 2.75) is 40.0 Å². The van der Waals surface area contributed by atoms with E-state index in [0.29, 0.717) is 5.56 Å². The molecule has 0 atom stereocenters. The molecule has 0 fully saturated rings. The van der Waals surface area contributed by atoms with E-state index in [1.54, 1.807) is 12.4 Å². The molecule has 0 unspecified atom stereocenters. The molecule has 0 radical (unpaired) electrons. The van der Waals surface area contributed by atoms with Crippen LogP contribution in [0.2, 0.25) is 0 Å². The molecule has 2 N–H and O–H groups in total. The minimum atomic E-state index is -0.124. The third kappa shape index (κ3) is 4.55. The van der Waals surface area contributed by atoms with Crippen LogP contribution in [0.25, 0.3) is 0 Å². The highest BCUT2D eigenvalue weighted by Gasteiger charge is 2.11. The fraction of sp³-hybridized carbons (Fsp3) is 0.368. The lowest BCUT2D eigenvalue weighted by Gasteiger charge is -2.13. The van der Waals surface area contributed by atoms with Crippen LogP contribution in [0.4, 0.5) is 11.4 Å². The van der Waals surface area contributed by atoms with E-state index in [0.717, 1.165) is 48.3 Å². The van der Waals surface area contributed by atoms with E-state index in [2.05, 4.69) is 29.5 Å². The fourth-order valence-corrected chi connectivity index (χ4v) is 2.46. The number of hydrogen-bond acceptors (Lipinski definition) is 3. The number of carbonyl (C=O) groups is 1. The van der Waals surface area contributed by atoms with Gasteiger partial charge in [0, 0.05) is 24.6 Å². The summed E-state index contributed by atoms with van der Waals surface area (Å²) < 4.78 is 0. The molecule has 1 aromatic heterocycles. The number of unbranched alkanes of at least 4 members (excludes halogenated alkanes) is 1. The first kappa shape index (κ1) is 17.0. The Morgan fingerprint density at radius 3 is 2.78 bits per heavy atom. The van der Waals surface area contributed by atoms with Gasteiger partial charge < -0.3 is 10.6 Å². The monoisotopic (exact) mass is 311 g/mol. The molecule has 0 aliphatic rings. The Bertz CT molecular complexity index is 667. The average Bonchev–Trinajstić information content (AvgIpc) is 2.57. The normalized spacial score (nSPS) is 10.4. The van der Waals surface area contributed by atoms with Gasteiger partial charge in [0.05, 0.1) is 11.3 Å². The van der Waals surface area contributed by atoms with Crippen molar-refractivity contribution in [1.29, 1.82) is 0 Å². The van der Waals surface area contributed by atoms with Crippen LogP contribution in [0, 0.1) is 6.92 Å². The molecule has 4 heteroatoms. The number of rotatable bonds is 7.